The molecule has 1 nitrogen and oxygen atoms in total. The minimum Gasteiger partial charge on any atom is -1.00 e. The van der Waals surface area contributed by atoms with Crippen LogP contribution in [0.5, 0.6) is 0 Å². The van der Waals surface area contributed by atoms with Gasteiger partial charge in [0.15, 0.2) is 0 Å². The van der Waals surface area contributed by atoms with Crippen LogP contribution < -0.4 is 24.8 Å². The monoisotopic (exact) mass is 306 g/mol. The van der Waals surface area contributed by atoms with Gasteiger partial charge in [-0.2, -0.15) is 38.3 Å². The third-order valence-corrected chi connectivity index (χ3v) is 1.55. The molecule has 4 heteroatoms. The van der Waals surface area contributed by atoms with Crippen molar-refractivity contribution in [1.82, 2.24) is 0 Å². The fourth-order valence-electron chi connectivity index (χ4n) is 1.07. The minimum absolute atomic E-state index is 0. The number of hydrogen-bond donors (Lipinski definition) is 0. The maximum atomic E-state index is 2.12. The summed E-state index contributed by atoms with van der Waals surface area (Å²) >= 11 is 0. The van der Waals surface area contributed by atoms with E-state index >= 15 is 0 Å². The van der Waals surface area contributed by atoms with Gasteiger partial charge in [0, 0.05) is 0 Å². The van der Waals surface area contributed by atoms with Crippen LogP contribution in [-0.2, 0) is 21.7 Å². The zero-order valence-corrected chi connectivity index (χ0v) is 13.4. The van der Waals surface area contributed by atoms with Crippen molar-refractivity contribution in [3.05, 3.63) is 54.5 Å². The first kappa shape index (κ1) is 25.8. The van der Waals surface area contributed by atoms with Gasteiger partial charge in [-0.3, -0.25) is 0 Å². The normalized spacial score (nSPS) is 7.53. The molecule has 0 atom stereocenters. The molecular formula is C13H18Cl2NTi-3. The Bertz CT molecular complexity index is 328. The van der Waals surface area contributed by atoms with Crippen LogP contribution >= 0.6 is 0 Å². The molecule has 0 fully saturated rings. The molecule has 17 heavy (non-hydrogen) atoms. The van der Waals surface area contributed by atoms with Crippen LogP contribution in [0.15, 0.2) is 42.5 Å². The van der Waals surface area contributed by atoms with E-state index in [1.807, 2.05) is 0 Å². The average molecular weight is 307 g/mol. The molecule has 0 aliphatic carbocycles. The molecule has 2 N–H and O–H groups in total. The Morgan fingerprint density at radius 2 is 1.41 bits per heavy atom. The molecule has 0 amide bonds. The van der Waals surface area contributed by atoms with E-state index in [9.17, 15) is 0 Å². The van der Waals surface area contributed by atoms with Gasteiger partial charge in [0.2, 0.25) is 0 Å². The average Bonchev–Trinajstić information content (AvgIpc) is 2.49. The van der Waals surface area contributed by atoms with E-state index in [0.717, 1.165) is 0 Å². The largest absolute Gasteiger partial charge is 2.00 e. The number of rotatable bonds is 0. The Balaban J connectivity index is -0.0000000962. The molecule has 2 aromatic carbocycles. The van der Waals surface area contributed by atoms with Gasteiger partial charge in [0.25, 0.3) is 0 Å². The minimum atomic E-state index is 0. The SMILES string of the molecule is C[C-](C)C.[Cl-].[Cl-].[NH2-].[Ti+2].c1ccc2[cH-]ccc2c1. The van der Waals surface area contributed by atoms with Crippen LogP contribution in [-0.4, -0.2) is 0 Å². The van der Waals surface area contributed by atoms with E-state index in [-0.39, 0.29) is 52.7 Å². The molecule has 96 valence electrons. The molecule has 0 unspecified atom stereocenters. The summed E-state index contributed by atoms with van der Waals surface area (Å²) < 4.78 is 0. The molecule has 2 aromatic rings. The van der Waals surface area contributed by atoms with Gasteiger partial charge in [0.1, 0.15) is 0 Å². The van der Waals surface area contributed by atoms with Crippen molar-refractivity contribution >= 4 is 10.8 Å². The molecule has 0 aromatic heterocycles. The van der Waals surface area contributed by atoms with E-state index in [4.69, 9.17) is 0 Å². The van der Waals surface area contributed by atoms with Crippen molar-refractivity contribution in [3.8, 4) is 0 Å². The second-order valence-corrected chi connectivity index (χ2v) is 3.65. The fourth-order valence-corrected chi connectivity index (χ4v) is 1.07. The number of halogens is 2. The van der Waals surface area contributed by atoms with Crippen molar-refractivity contribution in [2.24, 2.45) is 0 Å². The van der Waals surface area contributed by atoms with E-state index in [2.05, 4.69) is 63.2 Å². The summed E-state index contributed by atoms with van der Waals surface area (Å²) in [5, 5.41) is 2.66. The van der Waals surface area contributed by atoms with Crippen LogP contribution in [0.2, 0.25) is 0 Å². The topological polar surface area (TPSA) is 33.5 Å². The molecule has 0 saturated heterocycles. The number of benzene rings is 1. The van der Waals surface area contributed by atoms with Crippen molar-refractivity contribution in [2.75, 3.05) is 0 Å². The summed E-state index contributed by atoms with van der Waals surface area (Å²) in [6.07, 6.45) is 0. The van der Waals surface area contributed by atoms with Crippen molar-refractivity contribution in [1.29, 1.82) is 0 Å². The number of fused-ring (bicyclic) bond motifs is 1. The van der Waals surface area contributed by atoms with Gasteiger partial charge in [-0.1, -0.05) is 6.07 Å². The van der Waals surface area contributed by atoms with Crippen molar-refractivity contribution < 1.29 is 46.5 Å². The standard InChI is InChI=1S/C9H7.C4H9.2ClH.H2N.Ti/c1-2-5-9-7-3-6-8(9)4-1;1-4(2)3;;;;/h1-7H;1-3H3;2*1H;1H2;/q2*-1;;;-1;+2/p-2. The summed E-state index contributed by atoms with van der Waals surface area (Å²) in [7, 11) is 0. The molecule has 0 spiro atoms. The van der Waals surface area contributed by atoms with Crippen LogP contribution in [0.1, 0.15) is 20.8 Å². The maximum absolute atomic E-state index is 2.12. The molecule has 0 radical (unpaired) electrons. The first-order valence-electron chi connectivity index (χ1n) is 4.57. The Kier molecular flexibility index (Phi) is 21.5. The smallest absolute Gasteiger partial charge is 1.00 e. The van der Waals surface area contributed by atoms with Crippen LogP contribution in [0, 0.1) is 5.92 Å². The van der Waals surface area contributed by atoms with Crippen LogP contribution in [0.4, 0.5) is 0 Å². The van der Waals surface area contributed by atoms with Crippen molar-refractivity contribution in [2.45, 2.75) is 20.8 Å². The summed E-state index contributed by atoms with van der Waals surface area (Å²) in [4.78, 5) is 0. The first-order valence-corrected chi connectivity index (χ1v) is 4.57. The van der Waals surface area contributed by atoms with E-state index in [1.54, 1.807) is 0 Å². The number of nitrogens with two attached hydrogens (primary N) is 1. The van der Waals surface area contributed by atoms with E-state index in [1.165, 1.54) is 16.7 Å². The van der Waals surface area contributed by atoms with Gasteiger partial charge in [-0.05, 0) is 0 Å². The molecule has 0 saturated carbocycles. The Morgan fingerprint density at radius 1 is 0.941 bits per heavy atom. The van der Waals surface area contributed by atoms with Gasteiger partial charge in [-0.25, -0.2) is 0 Å². The second kappa shape index (κ2) is 14.1. The van der Waals surface area contributed by atoms with Gasteiger partial charge >= 0.3 is 21.7 Å². The van der Waals surface area contributed by atoms with E-state index < -0.39 is 0 Å². The summed E-state index contributed by atoms with van der Waals surface area (Å²) in [5.41, 5.74) is 0. The molecule has 0 aliphatic rings. The molecule has 2 rings (SSSR count). The Morgan fingerprint density at radius 3 is 1.88 bits per heavy atom. The first-order chi connectivity index (χ1) is 6.20. The third-order valence-electron chi connectivity index (χ3n) is 1.55. The summed E-state index contributed by atoms with van der Waals surface area (Å²) in [6, 6.07) is 14.7. The predicted octanol–water partition coefficient (Wildman–Crippen LogP) is -1.10. The van der Waals surface area contributed by atoms with Gasteiger partial charge in [-0.15, -0.1) is 29.7 Å². The predicted molar refractivity (Wildman–Crippen MR) is 65.1 cm³/mol. The Labute approximate surface area is 132 Å². The quantitative estimate of drug-likeness (QED) is 0.437. The maximum Gasteiger partial charge on any atom is 2.00 e. The molecule has 0 bridgehead atoms. The van der Waals surface area contributed by atoms with Gasteiger partial charge < -0.3 is 36.9 Å². The van der Waals surface area contributed by atoms with Crippen molar-refractivity contribution in [3.63, 3.8) is 0 Å². The van der Waals surface area contributed by atoms with Gasteiger partial charge in [0.05, 0.1) is 0 Å². The molecule has 0 heterocycles. The number of hydrogen-bond acceptors (Lipinski definition) is 0. The second-order valence-electron chi connectivity index (χ2n) is 3.65. The zero-order chi connectivity index (χ0) is 9.68. The molecular weight excluding hydrogens is 289 g/mol. The zero-order valence-electron chi connectivity index (χ0n) is 10.4. The summed E-state index contributed by atoms with van der Waals surface area (Å²) in [5.74, 6) is 1.42. The summed E-state index contributed by atoms with van der Waals surface area (Å²) in [6.45, 7) is 6.25. The van der Waals surface area contributed by atoms with Crippen LogP contribution in [0.25, 0.3) is 16.9 Å². The third kappa shape index (κ3) is 10.9. The van der Waals surface area contributed by atoms with E-state index in [0.29, 0.717) is 0 Å². The molecule has 0 aliphatic heterocycles. The Hall–Kier alpha value is 0.0843. The fraction of sp³-hybridized carbons (Fsp3) is 0.231. The van der Waals surface area contributed by atoms with Crippen LogP contribution in [0.3, 0.4) is 0 Å².